The molecule has 5 heteroatoms. The van der Waals surface area contributed by atoms with Crippen molar-refractivity contribution in [2.45, 2.75) is 24.8 Å². The summed E-state index contributed by atoms with van der Waals surface area (Å²) in [6, 6.07) is 15.7. The van der Waals surface area contributed by atoms with Gasteiger partial charge in [0.05, 0.1) is 6.42 Å². The van der Waals surface area contributed by atoms with Crippen molar-refractivity contribution in [3.8, 4) is 11.1 Å². The first-order valence-corrected chi connectivity index (χ1v) is 8.54. The number of rotatable bonds is 7. The van der Waals surface area contributed by atoms with E-state index in [1.165, 1.54) is 0 Å². The first kappa shape index (κ1) is 17.7. The molecule has 2 aromatic rings. The van der Waals surface area contributed by atoms with Crippen LogP contribution in [0, 0.1) is 0 Å². The second kappa shape index (κ2) is 7.87. The SMILES string of the molecule is C=CC[C@@H](CC(=O)O)NC(=O)OCC1c2ccccc2-c2ccccc21. The highest BCUT2D eigenvalue weighted by Crippen LogP contribution is 2.44. The third-order valence-corrected chi connectivity index (χ3v) is 4.54. The summed E-state index contributed by atoms with van der Waals surface area (Å²) in [6.45, 7) is 3.79. The van der Waals surface area contributed by atoms with Gasteiger partial charge in [0.2, 0.25) is 0 Å². The van der Waals surface area contributed by atoms with Gasteiger partial charge in [0, 0.05) is 12.0 Å². The Balaban J connectivity index is 1.68. The number of carbonyl (C=O) groups excluding carboxylic acids is 1. The van der Waals surface area contributed by atoms with Crippen molar-refractivity contribution in [1.82, 2.24) is 5.32 Å². The predicted octanol–water partition coefficient (Wildman–Crippen LogP) is 3.94. The highest BCUT2D eigenvalue weighted by Gasteiger charge is 2.29. The normalized spacial score (nSPS) is 13.4. The molecule has 0 unspecified atom stereocenters. The minimum Gasteiger partial charge on any atom is -0.481 e. The van der Waals surface area contributed by atoms with E-state index in [4.69, 9.17) is 9.84 Å². The molecule has 5 nitrogen and oxygen atoms in total. The second-order valence-electron chi connectivity index (χ2n) is 6.29. The van der Waals surface area contributed by atoms with E-state index >= 15 is 0 Å². The zero-order chi connectivity index (χ0) is 18.5. The van der Waals surface area contributed by atoms with Crippen molar-refractivity contribution < 1.29 is 19.4 Å². The summed E-state index contributed by atoms with van der Waals surface area (Å²) in [4.78, 5) is 23.0. The monoisotopic (exact) mass is 351 g/mol. The number of ether oxygens (including phenoxy) is 1. The van der Waals surface area contributed by atoms with Gasteiger partial charge >= 0.3 is 12.1 Å². The Kier molecular flexibility index (Phi) is 5.37. The average Bonchev–Trinajstić information content (AvgIpc) is 2.94. The van der Waals surface area contributed by atoms with Crippen molar-refractivity contribution in [3.63, 3.8) is 0 Å². The van der Waals surface area contributed by atoms with E-state index in [-0.39, 0.29) is 18.9 Å². The minimum absolute atomic E-state index is 0.0227. The van der Waals surface area contributed by atoms with Crippen LogP contribution in [0.25, 0.3) is 11.1 Å². The smallest absolute Gasteiger partial charge is 0.407 e. The fourth-order valence-electron chi connectivity index (χ4n) is 3.41. The lowest BCUT2D eigenvalue weighted by atomic mass is 9.98. The Morgan fingerprint density at radius 1 is 1.12 bits per heavy atom. The number of carboxylic acids is 1. The number of benzene rings is 2. The predicted molar refractivity (Wildman–Crippen MR) is 99.1 cm³/mol. The quantitative estimate of drug-likeness (QED) is 0.741. The molecule has 134 valence electrons. The maximum Gasteiger partial charge on any atom is 0.407 e. The number of alkyl carbamates (subject to hydrolysis) is 1. The molecular weight excluding hydrogens is 330 g/mol. The third kappa shape index (κ3) is 3.77. The minimum atomic E-state index is -0.976. The van der Waals surface area contributed by atoms with Crippen LogP contribution in [0.1, 0.15) is 29.9 Å². The van der Waals surface area contributed by atoms with E-state index in [0.29, 0.717) is 6.42 Å². The van der Waals surface area contributed by atoms with Gasteiger partial charge in [-0.05, 0) is 28.7 Å². The molecule has 0 heterocycles. The molecule has 0 saturated carbocycles. The average molecular weight is 351 g/mol. The van der Waals surface area contributed by atoms with Gasteiger partial charge in [-0.1, -0.05) is 54.6 Å². The summed E-state index contributed by atoms with van der Waals surface area (Å²) in [5.74, 6) is -0.999. The molecule has 1 atom stereocenters. The van der Waals surface area contributed by atoms with Gasteiger partial charge in [0.1, 0.15) is 6.61 Å². The summed E-state index contributed by atoms with van der Waals surface area (Å²) in [7, 11) is 0. The lowest BCUT2D eigenvalue weighted by molar-refractivity contribution is -0.137. The molecule has 0 aliphatic heterocycles. The number of amides is 1. The molecule has 0 saturated heterocycles. The van der Waals surface area contributed by atoms with Crippen LogP contribution < -0.4 is 5.32 Å². The van der Waals surface area contributed by atoms with Crippen LogP contribution in [-0.4, -0.2) is 29.8 Å². The molecule has 1 aliphatic carbocycles. The van der Waals surface area contributed by atoms with Gasteiger partial charge in [-0.25, -0.2) is 4.79 Å². The van der Waals surface area contributed by atoms with E-state index < -0.39 is 18.1 Å². The van der Waals surface area contributed by atoms with Crippen LogP contribution in [-0.2, 0) is 9.53 Å². The van der Waals surface area contributed by atoms with Crippen LogP contribution in [0.4, 0.5) is 4.79 Å². The number of nitrogens with one attached hydrogen (secondary N) is 1. The van der Waals surface area contributed by atoms with Gasteiger partial charge in [-0.2, -0.15) is 0 Å². The van der Waals surface area contributed by atoms with E-state index in [0.717, 1.165) is 22.3 Å². The summed E-state index contributed by atoms with van der Waals surface area (Å²) >= 11 is 0. The molecule has 0 radical (unpaired) electrons. The topological polar surface area (TPSA) is 75.6 Å². The van der Waals surface area contributed by atoms with Crippen molar-refractivity contribution in [1.29, 1.82) is 0 Å². The number of aliphatic carboxylic acids is 1. The van der Waals surface area contributed by atoms with E-state index in [1.807, 2.05) is 36.4 Å². The largest absolute Gasteiger partial charge is 0.481 e. The fraction of sp³-hybridized carbons (Fsp3) is 0.238. The van der Waals surface area contributed by atoms with E-state index in [9.17, 15) is 9.59 Å². The Hall–Kier alpha value is -3.08. The number of carbonyl (C=O) groups is 2. The maximum atomic E-state index is 12.1. The third-order valence-electron chi connectivity index (χ3n) is 4.54. The summed E-state index contributed by atoms with van der Waals surface area (Å²) in [5, 5.41) is 11.5. The Labute approximate surface area is 152 Å². The molecule has 0 aromatic heterocycles. The summed E-state index contributed by atoms with van der Waals surface area (Å²) in [6.07, 6.45) is 1.17. The maximum absolute atomic E-state index is 12.1. The van der Waals surface area contributed by atoms with Gasteiger partial charge < -0.3 is 15.2 Å². The van der Waals surface area contributed by atoms with Gasteiger partial charge in [0.15, 0.2) is 0 Å². The molecule has 0 fully saturated rings. The van der Waals surface area contributed by atoms with Crippen LogP contribution in [0.2, 0.25) is 0 Å². The zero-order valence-corrected chi connectivity index (χ0v) is 14.4. The lowest BCUT2D eigenvalue weighted by Crippen LogP contribution is -2.37. The summed E-state index contributed by atoms with van der Waals surface area (Å²) in [5.41, 5.74) is 4.59. The van der Waals surface area contributed by atoms with Crippen LogP contribution >= 0.6 is 0 Å². The highest BCUT2D eigenvalue weighted by atomic mass is 16.5. The fourth-order valence-corrected chi connectivity index (χ4v) is 3.41. The van der Waals surface area contributed by atoms with Crippen molar-refractivity contribution >= 4 is 12.1 Å². The number of fused-ring (bicyclic) bond motifs is 3. The van der Waals surface area contributed by atoms with Crippen LogP contribution in [0.3, 0.4) is 0 Å². The molecule has 0 bridgehead atoms. The molecular formula is C21H21NO4. The first-order chi connectivity index (χ1) is 12.6. The second-order valence-corrected chi connectivity index (χ2v) is 6.29. The first-order valence-electron chi connectivity index (χ1n) is 8.54. The Morgan fingerprint density at radius 2 is 1.69 bits per heavy atom. The lowest BCUT2D eigenvalue weighted by Gasteiger charge is -2.18. The van der Waals surface area contributed by atoms with Crippen molar-refractivity contribution in [3.05, 3.63) is 72.3 Å². The van der Waals surface area contributed by atoms with Gasteiger partial charge in [0.25, 0.3) is 0 Å². The Bertz CT molecular complexity index is 785. The zero-order valence-electron chi connectivity index (χ0n) is 14.4. The highest BCUT2D eigenvalue weighted by molar-refractivity contribution is 5.79. The molecule has 2 aromatic carbocycles. The van der Waals surface area contributed by atoms with Crippen molar-refractivity contribution in [2.24, 2.45) is 0 Å². The number of hydrogen-bond donors (Lipinski definition) is 2. The molecule has 0 spiro atoms. The van der Waals surface area contributed by atoms with E-state index in [1.54, 1.807) is 6.08 Å². The standard InChI is InChI=1S/C21H21NO4/c1-2-7-14(12-20(23)24)22-21(25)26-13-19-17-10-5-3-8-15(17)16-9-4-6-11-18(16)19/h2-6,8-11,14,19H,1,7,12-13H2,(H,22,25)(H,23,24)/t14-/m0/s1. The van der Waals surface area contributed by atoms with Crippen LogP contribution in [0.5, 0.6) is 0 Å². The molecule has 2 N–H and O–H groups in total. The van der Waals surface area contributed by atoms with Crippen molar-refractivity contribution in [2.75, 3.05) is 6.61 Å². The van der Waals surface area contributed by atoms with E-state index in [2.05, 4.69) is 24.0 Å². The molecule has 3 rings (SSSR count). The number of carboxylic acid groups (broad SMARTS) is 1. The van der Waals surface area contributed by atoms with Gasteiger partial charge in [-0.15, -0.1) is 6.58 Å². The number of hydrogen-bond acceptors (Lipinski definition) is 3. The molecule has 1 aliphatic rings. The Morgan fingerprint density at radius 3 is 2.23 bits per heavy atom. The van der Waals surface area contributed by atoms with Crippen LogP contribution in [0.15, 0.2) is 61.2 Å². The molecule has 1 amide bonds. The summed E-state index contributed by atoms with van der Waals surface area (Å²) < 4.78 is 5.42. The molecule has 26 heavy (non-hydrogen) atoms. The van der Waals surface area contributed by atoms with Gasteiger partial charge in [-0.3, -0.25) is 4.79 Å².